The van der Waals surface area contributed by atoms with Gasteiger partial charge in [-0.2, -0.15) is 0 Å². The van der Waals surface area contributed by atoms with Crippen LogP contribution < -0.4 is 9.47 Å². The van der Waals surface area contributed by atoms with Crippen LogP contribution in [-0.4, -0.2) is 31.1 Å². The average Bonchev–Trinajstić information content (AvgIpc) is 3.34. The predicted octanol–water partition coefficient (Wildman–Crippen LogP) is 4.28. The lowest BCUT2D eigenvalue weighted by molar-refractivity contribution is -0.132. The first kappa shape index (κ1) is 17.8. The lowest BCUT2D eigenvalue weighted by Gasteiger charge is -2.24. The van der Waals surface area contributed by atoms with E-state index >= 15 is 0 Å². The van der Waals surface area contributed by atoms with Gasteiger partial charge in [-0.15, -0.1) is 11.3 Å². The van der Waals surface area contributed by atoms with Crippen molar-refractivity contribution in [1.82, 2.24) is 4.90 Å². The van der Waals surface area contributed by atoms with Crippen molar-refractivity contribution in [1.29, 1.82) is 0 Å². The topological polar surface area (TPSA) is 38.8 Å². The van der Waals surface area contributed by atoms with Crippen LogP contribution >= 0.6 is 11.3 Å². The summed E-state index contributed by atoms with van der Waals surface area (Å²) in [5, 5.41) is 2.09. The Balaban J connectivity index is 1.64. The number of rotatable bonds is 9. The maximum absolute atomic E-state index is 12.8. The average molecular weight is 359 g/mol. The fourth-order valence-corrected chi connectivity index (χ4v) is 3.76. The molecule has 1 fully saturated rings. The fraction of sp³-hybridized carbons (Fsp3) is 0.450. The number of benzene rings is 1. The van der Waals surface area contributed by atoms with Crippen molar-refractivity contribution in [3.05, 3.63) is 46.2 Å². The van der Waals surface area contributed by atoms with E-state index in [2.05, 4.69) is 17.5 Å². The summed E-state index contributed by atoms with van der Waals surface area (Å²) in [4.78, 5) is 16.1. The Morgan fingerprint density at radius 3 is 2.72 bits per heavy atom. The standard InChI is InChI=1S/C20H25NO3S/c1-23-17-10-11-19(24-2)15(13-17)14-21(16-8-9-16)20(22)7-3-5-18-6-4-12-25-18/h4,6,10-13,16H,3,5,7-9,14H2,1-2H3. The molecule has 1 heterocycles. The molecule has 2 aromatic rings. The monoisotopic (exact) mass is 359 g/mol. The summed E-state index contributed by atoms with van der Waals surface area (Å²) in [7, 11) is 3.32. The zero-order valence-electron chi connectivity index (χ0n) is 14.9. The minimum Gasteiger partial charge on any atom is -0.497 e. The van der Waals surface area contributed by atoms with Gasteiger partial charge in [0.2, 0.25) is 5.91 Å². The summed E-state index contributed by atoms with van der Waals surface area (Å²) >= 11 is 1.76. The van der Waals surface area contributed by atoms with E-state index in [1.54, 1.807) is 25.6 Å². The molecule has 25 heavy (non-hydrogen) atoms. The highest BCUT2D eigenvalue weighted by atomic mass is 32.1. The normalized spacial score (nSPS) is 13.5. The van der Waals surface area contributed by atoms with Crippen LogP contribution in [0.3, 0.4) is 0 Å². The smallest absolute Gasteiger partial charge is 0.223 e. The van der Waals surface area contributed by atoms with E-state index in [1.165, 1.54) is 4.88 Å². The molecule has 0 bridgehead atoms. The van der Waals surface area contributed by atoms with Gasteiger partial charge in [-0.1, -0.05) is 6.07 Å². The first-order chi connectivity index (χ1) is 12.2. The molecule has 0 aliphatic heterocycles. The molecule has 1 amide bonds. The second kappa shape index (κ2) is 8.39. The van der Waals surface area contributed by atoms with E-state index in [-0.39, 0.29) is 5.91 Å². The van der Waals surface area contributed by atoms with E-state index in [0.717, 1.165) is 42.7 Å². The Morgan fingerprint density at radius 2 is 2.08 bits per heavy atom. The third-order valence-electron chi connectivity index (χ3n) is 4.53. The molecule has 0 spiro atoms. The first-order valence-corrected chi connectivity index (χ1v) is 9.62. The zero-order chi connectivity index (χ0) is 17.6. The lowest BCUT2D eigenvalue weighted by atomic mass is 10.1. The highest BCUT2D eigenvalue weighted by Crippen LogP contribution is 2.32. The van der Waals surface area contributed by atoms with Gasteiger partial charge in [0.05, 0.1) is 14.2 Å². The predicted molar refractivity (Wildman–Crippen MR) is 100 cm³/mol. The molecular formula is C20H25NO3S. The minimum absolute atomic E-state index is 0.240. The third-order valence-corrected chi connectivity index (χ3v) is 5.47. The molecule has 5 heteroatoms. The van der Waals surface area contributed by atoms with Crippen LogP contribution in [0.25, 0.3) is 0 Å². The van der Waals surface area contributed by atoms with Crippen molar-refractivity contribution in [3.8, 4) is 11.5 Å². The van der Waals surface area contributed by atoms with Gasteiger partial charge in [0.25, 0.3) is 0 Å². The van der Waals surface area contributed by atoms with Crippen molar-refractivity contribution in [2.45, 2.75) is 44.7 Å². The summed E-state index contributed by atoms with van der Waals surface area (Å²) in [6.45, 7) is 0.586. The van der Waals surface area contributed by atoms with Gasteiger partial charge in [0.15, 0.2) is 0 Å². The van der Waals surface area contributed by atoms with Crippen LogP contribution in [0.4, 0.5) is 0 Å². The summed E-state index contributed by atoms with van der Waals surface area (Å²) in [5.74, 6) is 1.83. The number of aryl methyl sites for hydroxylation is 1. The number of amides is 1. The maximum atomic E-state index is 12.8. The number of thiophene rings is 1. The van der Waals surface area contributed by atoms with E-state index in [9.17, 15) is 4.79 Å². The van der Waals surface area contributed by atoms with Crippen molar-refractivity contribution >= 4 is 17.2 Å². The molecular weight excluding hydrogens is 334 g/mol. The van der Waals surface area contributed by atoms with Crippen molar-refractivity contribution in [2.75, 3.05) is 14.2 Å². The second-order valence-corrected chi connectivity index (χ2v) is 7.40. The molecule has 4 nitrogen and oxygen atoms in total. The van der Waals surface area contributed by atoms with Gasteiger partial charge >= 0.3 is 0 Å². The fourth-order valence-electron chi connectivity index (χ4n) is 3.01. The van der Waals surface area contributed by atoms with Crippen LogP contribution in [0.2, 0.25) is 0 Å². The van der Waals surface area contributed by atoms with E-state index < -0.39 is 0 Å². The Hall–Kier alpha value is -2.01. The molecule has 1 aromatic heterocycles. The van der Waals surface area contributed by atoms with Crippen molar-refractivity contribution in [2.24, 2.45) is 0 Å². The first-order valence-electron chi connectivity index (χ1n) is 8.74. The van der Waals surface area contributed by atoms with E-state index in [4.69, 9.17) is 9.47 Å². The number of hydrogen-bond acceptors (Lipinski definition) is 4. The van der Waals surface area contributed by atoms with E-state index in [0.29, 0.717) is 19.0 Å². The summed E-state index contributed by atoms with van der Waals surface area (Å²) in [5.41, 5.74) is 1.00. The largest absolute Gasteiger partial charge is 0.497 e. The highest BCUT2D eigenvalue weighted by molar-refractivity contribution is 7.09. The number of carbonyl (C=O) groups excluding carboxylic acids is 1. The number of carbonyl (C=O) groups is 1. The summed E-state index contributed by atoms with van der Waals surface area (Å²) in [6, 6.07) is 10.3. The van der Waals surface area contributed by atoms with Crippen LogP contribution in [0.5, 0.6) is 11.5 Å². The molecule has 0 atom stereocenters. The van der Waals surface area contributed by atoms with Crippen molar-refractivity contribution < 1.29 is 14.3 Å². The Bertz CT molecular complexity index is 695. The van der Waals surface area contributed by atoms with Gasteiger partial charge in [0, 0.05) is 29.4 Å². The molecule has 0 unspecified atom stereocenters. The molecule has 3 rings (SSSR count). The van der Waals surface area contributed by atoms with E-state index in [1.807, 2.05) is 23.1 Å². The van der Waals surface area contributed by atoms with Gasteiger partial charge in [0.1, 0.15) is 11.5 Å². The van der Waals surface area contributed by atoms with Crippen molar-refractivity contribution in [3.63, 3.8) is 0 Å². The SMILES string of the molecule is COc1ccc(OC)c(CN(C(=O)CCCc2cccs2)C2CC2)c1. The molecule has 1 aromatic carbocycles. The quantitative estimate of drug-likeness (QED) is 0.671. The molecule has 1 aliphatic rings. The second-order valence-electron chi connectivity index (χ2n) is 6.36. The number of ether oxygens (including phenoxy) is 2. The molecule has 1 aliphatic carbocycles. The molecule has 0 radical (unpaired) electrons. The number of nitrogens with zero attached hydrogens (tertiary/aromatic N) is 1. The third kappa shape index (κ3) is 4.75. The molecule has 0 N–H and O–H groups in total. The van der Waals surface area contributed by atoms with Gasteiger partial charge in [-0.05, 0) is 55.3 Å². The molecule has 1 saturated carbocycles. The Kier molecular flexibility index (Phi) is 5.97. The van der Waals surface area contributed by atoms with Crippen LogP contribution in [0, 0.1) is 0 Å². The van der Waals surface area contributed by atoms with Gasteiger partial charge in [-0.3, -0.25) is 4.79 Å². The Morgan fingerprint density at radius 1 is 1.24 bits per heavy atom. The minimum atomic E-state index is 0.240. The molecule has 134 valence electrons. The molecule has 0 saturated heterocycles. The number of hydrogen-bond donors (Lipinski definition) is 0. The van der Waals surface area contributed by atoms with Gasteiger partial charge in [-0.25, -0.2) is 0 Å². The zero-order valence-corrected chi connectivity index (χ0v) is 15.7. The number of methoxy groups -OCH3 is 2. The Labute approximate surface area is 153 Å². The summed E-state index contributed by atoms with van der Waals surface area (Å²) in [6.07, 6.45) is 4.68. The van der Waals surface area contributed by atoms with Crippen LogP contribution in [0.1, 0.15) is 36.1 Å². The summed E-state index contributed by atoms with van der Waals surface area (Å²) < 4.78 is 10.8. The van der Waals surface area contributed by atoms with Gasteiger partial charge < -0.3 is 14.4 Å². The highest BCUT2D eigenvalue weighted by Gasteiger charge is 2.32. The maximum Gasteiger partial charge on any atom is 0.223 e. The lowest BCUT2D eigenvalue weighted by Crippen LogP contribution is -2.32. The van der Waals surface area contributed by atoms with Crippen LogP contribution in [-0.2, 0) is 17.8 Å². The van der Waals surface area contributed by atoms with Crippen LogP contribution in [0.15, 0.2) is 35.7 Å².